The summed E-state index contributed by atoms with van der Waals surface area (Å²) in [4.78, 5) is 0. The van der Waals surface area contributed by atoms with Gasteiger partial charge in [0.15, 0.2) is 0 Å². The van der Waals surface area contributed by atoms with Gasteiger partial charge in [0.25, 0.3) is 0 Å². The first kappa shape index (κ1) is 17.3. The quantitative estimate of drug-likeness (QED) is 0.715. The lowest BCUT2D eigenvalue weighted by Crippen LogP contribution is -2.17. The van der Waals surface area contributed by atoms with Crippen LogP contribution in [0.15, 0.2) is 24.3 Å². The van der Waals surface area contributed by atoms with Crippen LogP contribution in [0.5, 0.6) is 5.75 Å². The monoisotopic (exact) mass is 318 g/mol. The van der Waals surface area contributed by atoms with E-state index >= 15 is 0 Å². The molecule has 0 aliphatic heterocycles. The number of halogens is 1. The van der Waals surface area contributed by atoms with Crippen molar-refractivity contribution in [3.63, 3.8) is 0 Å². The highest BCUT2D eigenvalue weighted by molar-refractivity contribution is 8.13. The second kappa shape index (κ2) is 6.81. The molecule has 114 valence electrons. The van der Waals surface area contributed by atoms with Crippen LogP contribution in [-0.4, -0.2) is 20.8 Å². The molecule has 1 rings (SSSR count). The van der Waals surface area contributed by atoms with E-state index in [4.69, 9.17) is 15.4 Å². The first-order valence-electron chi connectivity index (χ1n) is 6.79. The number of benzene rings is 1. The molecule has 1 unspecified atom stereocenters. The number of hydrogen-bond donors (Lipinski definition) is 0. The van der Waals surface area contributed by atoms with Crippen molar-refractivity contribution in [3.05, 3.63) is 29.8 Å². The summed E-state index contributed by atoms with van der Waals surface area (Å²) in [6.45, 7) is 8.71. The Hall–Kier alpha value is -0.740. The van der Waals surface area contributed by atoms with E-state index in [2.05, 4.69) is 32.9 Å². The van der Waals surface area contributed by atoms with Gasteiger partial charge in [-0.1, -0.05) is 39.8 Å². The van der Waals surface area contributed by atoms with Crippen molar-refractivity contribution in [1.29, 1.82) is 0 Å². The second-order valence-corrected chi connectivity index (χ2v) is 8.71. The SMILES string of the molecule is CCC(C)(C)c1ccc(OCC(C)CS(=O)(=O)Cl)cc1. The molecule has 0 radical (unpaired) electrons. The Bertz CT molecular complexity index is 521. The molecule has 1 atom stereocenters. The molecule has 0 aliphatic rings. The van der Waals surface area contributed by atoms with Crippen LogP contribution in [0.1, 0.15) is 39.7 Å². The van der Waals surface area contributed by atoms with Gasteiger partial charge in [0.1, 0.15) is 5.75 Å². The third-order valence-corrected chi connectivity index (χ3v) is 4.88. The average molecular weight is 319 g/mol. The van der Waals surface area contributed by atoms with Gasteiger partial charge in [0, 0.05) is 16.6 Å². The van der Waals surface area contributed by atoms with Crippen molar-refractivity contribution < 1.29 is 13.2 Å². The normalized spacial score (nSPS) is 14.1. The fourth-order valence-corrected chi connectivity index (χ4v) is 3.25. The third kappa shape index (κ3) is 5.71. The summed E-state index contributed by atoms with van der Waals surface area (Å²) in [6.07, 6.45) is 1.07. The molecule has 0 saturated carbocycles. The lowest BCUT2D eigenvalue weighted by molar-refractivity contribution is 0.272. The molecule has 0 N–H and O–H groups in total. The highest BCUT2D eigenvalue weighted by atomic mass is 35.7. The zero-order valence-electron chi connectivity index (χ0n) is 12.5. The first-order valence-corrected chi connectivity index (χ1v) is 9.27. The lowest BCUT2D eigenvalue weighted by Gasteiger charge is -2.23. The minimum absolute atomic E-state index is 0.0739. The van der Waals surface area contributed by atoms with Crippen molar-refractivity contribution in [1.82, 2.24) is 0 Å². The van der Waals surface area contributed by atoms with E-state index in [1.165, 1.54) is 5.56 Å². The second-order valence-electron chi connectivity index (χ2n) is 5.88. The van der Waals surface area contributed by atoms with Gasteiger partial charge in [-0.2, -0.15) is 0 Å². The maximum absolute atomic E-state index is 11.0. The van der Waals surface area contributed by atoms with Gasteiger partial charge in [-0.15, -0.1) is 0 Å². The maximum Gasteiger partial charge on any atom is 0.232 e. The molecule has 0 heterocycles. The van der Waals surface area contributed by atoms with Gasteiger partial charge in [-0.3, -0.25) is 0 Å². The van der Waals surface area contributed by atoms with E-state index in [9.17, 15) is 8.42 Å². The molecular formula is C15H23ClO3S. The topological polar surface area (TPSA) is 43.4 Å². The predicted octanol–water partition coefficient (Wildman–Crippen LogP) is 3.96. The van der Waals surface area contributed by atoms with Crippen molar-refractivity contribution in [2.45, 2.75) is 39.5 Å². The Morgan fingerprint density at radius 1 is 1.25 bits per heavy atom. The molecule has 0 spiro atoms. The zero-order chi connectivity index (χ0) is 15.4. The van der Waals surface area contributed by atoms with Crippen LogP contribution in [0.3, 0.4) is 0 Å². The molecule has 5 heteroatoms. The minimum atomic E-state index is -3.46. The molecule has 0 amide bonds. The third-order valence-electron chi connectivity index (χ3n) is 3.54. The van der Waals surface area contributed by atoms with E-state index in [0.29, 0.717) is 6.61 Å². The van der Waals surface area contributed by atoms with Crippen molar-refractivity contribution >= 4 is 19.7 Å². The van der Waals surface area contributed by atoms with E-state index in [1.807, 2.05) is 12.1 Å². The Balaban J connectivity index is 2.58. The van der Waals surface area contributed by atoms with Crippen LogP contribution in [0.2, 0.25) is 0 Å². The maximum atomic E-state index is 11.0. The van der Waals surface area contributed by atoms with Crippen LogP contribution in [0.25, 0.3) is 0 Å². The zero-order valence-corrected chi connectivity index (χ0v) is 14.1. The molecule has 3 nitrogen and oxygen atoms in total. The number of ether oxygens (including phenoxy) is 1. The van der Waals surface area contributed by atoms with Crippen molar-refractivity contribution in [2.24, 2.45) is 5.92 Å². The van der Waals surface area contributed by atoms with Gasteiger partial charge in [0.05, 0.1) is 12.4 Å². The van der Waals surface area contributed by atoms with Gasteiger partial charge in [-0.25, -0.2) is 8.42 Å². The predicted molar refractivity (Wildman–Crippen MR) is 84.1 cm³/mol. The molecule has 0 aromatic heterocycles. The molecule has 0 bridgehead atoms. The Labute approximate surface area is 126 Å². The number of rotatable bonds is 7. The van der Waals surface area contributed by atoms with Crippen molar-refractivity contribution in [2.75, 3.05) is 12.4 Å². The van der Waals surface area contributed by atoms with Crippen molar-refractivity contribution in [3.8, 4) is 5.75 Å². The Morgan fingerprint density at radius 2 is 1.80 bits per heavy atom. The summed E-state index contributed by atoms with van der Waals surface area (Å²) >= 11 is 0. The van der Waals surface area contributed by atoms with E-state index in [-0.39, 0.29) is 17.1 Å². The summed E-state index contributed by atoms with van der Waals surface area (Å²) in [7, 11) is 1.75. The minimum Gasteiger partial charge on any atom is -0.493 e. The fourth-order valence-electron chi connectivity index (χ4n) is 1.83. The summed E-state index contributed by atoms with van der Waals surface area (Å²) in [5, 5.41) is 0. The fraction of sp³-hybridized carbons (Fsp3) is 0.600. The highest BCUT2D eigenvalue weighted by Crippen LogP contribution is 2.28. The van der Waals surface area contributed by atoms with Crippen LogP contribution >= 0.6 is 10.7 Å². The van der Waals surface area contributed by atoms with Gasteiger partial charge < -0.3 is 4.74 Å². The van der Waals surface area contributed by atoms with Crippen LogP contribution in [0.4, 0.5) is 0 Å². The van der Waals surface area contributed by atoms with Gasteiger partial charge >= 0.3 is 0 Å². The molecular weight excluding hydrogens is 296 g/mol. The highest BCUT2D eigenvalue weighted by Gasteiger charge is 2.18. The summed E-state index contributed by atoms with van der Waals surface area (Å²) in [5.41, 5.74) is 1.42. The van der Waals surface area contributed by atoms with Gasteiger partial charge in [-0.05, 0) is 29.5 Å². The molecule has 1 aromatic rings. The van der Waals surface area contributed by atoms with E-state index < -0.39 is 9.05 Å². The van der Waals surface area contributed by atoms with Gasteiger partial charge in [0.2, 0.25) is 9.05 Å². The molecule has 1 aromatic carbocycles. The number of hydrogen-bond acceptors (Lipinski definition) is 3. The lowest BCUT2D eigenvalue weighted by atomic mass is 9.82. The summed E-state index contributed by atoms with van der Waals surface area (Å²) < 4.78 is 27.5. The molecule has 0 aliphatic carbocycles. The van der Waals surface area contributed by atoms with Crippen LogP contribution < -0.4 is 4.74 Å². The van der Waals surface area contributed by atoms with Crippen LogP contribution in [-0.2, 0) is 14.5 Å². The Morgan fingerprint density at radius 3 is 2.25 bits per heavy atom. The first-order chi connectivity index (χ1) is 9.14. The smallest absolute Gasteiger partial charge is 0.232 e. The van der Waals surface area contributed by atoms with Crippen LogP contribution in [0, 0.1) is 5.92 Å². The standard InChI is InChI=1S/C15H23ClO3S/c1-5-15(3,4)13-6-8-14(9-7-13)19-10-12(2)11-20(16,17)18/h6-9,12H,5,10-11H2,1-4H3. The summed E-state index contributed by atoms with van der Waals surface area (Å²) in [6, 6.07) is 7.97. The van der Waals surface area contributed by atoms with E-state index in [0.717, 1.165) is 12.2 Å². The molecule has 20 heavy (non-hydrogen) atoms. The molecule has 0 saturated heterocycles. The largest absolute Gasteiger partial charge is 0.493 e. The molecule has 0 fully saturated rings. The Kier molecular flexibility index (Phi) is 5.90. The summed E-state index contributed by atoms with van der Waals surface area (Å²) in [5.74, 6) is 0.541. The van der Waals surface area contributed by atoms with E-state index in [1.54, 1.807) is 6.92 Å². The average Bonchev–Trinajstić information content (AvgIpc) is 2.35.